The van der Waals surface area contributed by atoms with Gasteiger partial charge in [0.25, 0.3) is 0 Å². The van der Waals surface area contributed by atoms with E-state index in [1.165, 1.54) is 6.07 Å². The number of benzene rings is 1. The second-order valence-electron chi connectivity index (χ2n) is 6.17. The van der Waals surface area contributed by atoms with E-state index in [0.29, 0.717) is 29.3 Å². The summed E-state index contributed by atoms with van der Waals surface area (Å²) in [5, 5.41) is 4.04. The highest BCUT2D eigenvalue weighted by Crippen LogP contribution is 2.26. The maximum Gasteiger partial charge on any atom is 0.170 e. The van der Waals surface area contributed by atoms with Gasteiger partial charge in [0, 0.05) is 24.9 Å². The van der Waals surface area contributed by atoms with E-state index in [1.54, 1.807) is 42.7 Å². The summed E-state index contributed by atoms with van der Waals surface area (Å²) in [5.74, 6) is 0.633. The fourth-order valence-corrected chi connectivity index (χ4v) is 2.76. The lowest BCUT2D eigenvalue weighted by molar-refractivity contribution is 0.286. The first-order valence-electron chi connectivity index (χ1n) is 8.66. The molecule has 4 aromatic rings. The molecule has 140 valence electrons. The van der Waals surface area contributed by atoms with Crippen LogP contribution in [0.1, 0.15) is 17.0 Å². The van der Waals surface area contributed by atoms with Crippen LogP contribution in [-0.2, 0) is 13.0 Å². The predicted octanol–water partition coefficient (Wildman–Crippen LogP) is 4.02. The number of hydrogen-bond donors (Lipinski definition) is 1. The Kier molecular flexibility index (Phi) is 4.97. The van der Waals surface area contributed by atoms with Crippen molar-refractivity contribution in [1.29, 1.82) is 0 Å². The number of rotatable bonds is 6. The van der Waals surface area contributed by atoms with Crippen molar-refractivity contribution in [1.82, 2.24) is 15.1 Å². The topological polar surface area (TPSA) is 87.1 Å². The molecule has 1 aromatic carbocycles. The summed E-state index contributed by atoms with van der Waals surface area (Å²) < 4.78 is 25.2. The summed E-state index contributed by atoms with van der Waals surface area (Å²) in [5.41, 5.74) is 8.68. The molecule has 28 heavy (non-hydrogen) atoms. The van der Waals surface area contributed by atoms with Crippen LogP contribution in [0.25, 0.3) is 11.3 Å². The summed E-state index contributed by atoms with van der Waals surface area (Å²) in [7, 11) is 0. The van der Waals surface area contributed by atoms with Gasteiger partial charge in [-0.25, -0.2) is 9.37 Å². The standard InChI is InChI=1S/C21H17FN4O2/c22-18-11-14(6-7-19(18)27-13-15-4-1-2-8-24-15)10-16-12-20(28-26-16)17-5-3-9-25-21(17)23/h1-9,11-12H,10,13H2,(H2,23,25). The number of hydrogen-bond acceptors (Lipinski definition) is 6. The molecular formula is C21H17FN4O2. The van der Waals surface area contributed by atoms with Crippen molar-refractivity contribution in [3.05, 3.63) is 89.8 Å². The number of nitrogen functional groups attached to an aromatic ring is 1. The van der Waals surface area contributed by atoms with E-state index in [-0.39, 0.29) is 12.4 Å². The van der Waals surface area contributed by atoms with Crippen molar-refractivity contribution in [2.45, 2.75) is 13.0 Å². The van der Waals surface area contributed by atoms with Gasteiger partial charge >= 0.3 is 0 Å². The van der Waals surface area contributed by atoms with E-state index in [4.69, 9.17) is 15.0 Å². The molecular weight excluding hydrogens is 359 g/mol. The zero-order chi connectivity index (χ0) is 19.3. The second kappa shape index (κ2) is 7.87. The van der Waals surface area contributed by atoms with Gasteiger partial charge in [-0.05, 0) is 42.0 Å². The maximum atomic E-state index is 14.4. The van der Waals surface area contributed by atoms with Gasteiger partial charge in [0.05, 0.1) is 17.0 Å². The van der Waals surface area contributed by atoms with E-state index >= 15 is 0 Å². The number of ether oxygens (including phenoxy) is 1. The molecule has 0 bridgehead atoms. The van der Waals surface area contributed by atoms with Crippen molar-refractivity contribution >= 4 is 5.82 Å². The average molecular weight is 376 g/mol. The lowest BCUT2D eigenvalue weighted by atomic mass is 10.1. The summed E-state index contributed by atoms with van der Waals surface area (Å²) in [6.45, 7) is 0.205. The van der Waals surface area contributed by atoms with Crippen LogP contribution >= 0.6 is 0 Å². The highest BCUT2D eigenvalue weighted by atomic mass is 19.1. The molecule has 2 N–H and O–H groups in total. The van der Waals surface area contributed by atoms with E-state index in [1.807, 2.05) is 18.2 Å². The minimum Gasteiger partial charge on any atom is -0.484 e. The number of pyridine rings is 2. The number of nitrogens with two attached hydrogens (primary N) is 1. The van der Waals surface area contributed by atoms with E-state index in [0.717, 1.165) is 11.3 Å². The highest BCUT2D eigenvalue weighted by molar-refractivity contribution is 5.69. The molecule has 0 fully saturated rings. The van der Waals surface area contributed by atoms with E-state index < -0.39 is 5.82 Å². The molecule has 0 atom stereocenters. The van der Waals surface area contributed by atoms with Gasteiger partial charge in [0.2, 0.25) is 0 Å². The Balaban J connectivity index is 1.44. The number of aromatic nitrogens is 3. The van der Waals surface area contributed by atoms with Crippen molar-refractivity contribution in [3.8, 4) is 17.1 Å². The quantitative estimate of drug-likeness (QED) is 0.547. The zero-order valence-corrected chi connectivity index (χ0v) is 14.9. The number of halogens is 1. The van der Waals surface area contributed by atoms with Crippen LogP contribution in [-0.4, -0.2) is 15.1 Å². The Bertz CT molecular complexity index is 1080. The molecule has 0 saturated heterocycles. The molecule has 0 radical (unpaired) electrons. The first kappa shape index (κ1) is 17.7. The fourth-order valence-electron chi connectivity index (χ4n) is 2.76. The summed E-state index contributed by atoms with van der Waals surface area (Å²) in [6.07, 6.45) is 3.70. The molecule has 0 amide bonds. The Morgan fingerprint density at radius 1 is 0.964 bits per heavy atom. The van der Waals surface area contributed by atoms with E-state index in [2.05, 4.69) is 15.1 Å². The highest BCUT2D eigenvalue weighted by Gasteiger charge is 2.12. The lowest BCUT2D eigenvalue weighted by Crippen LogP contribution is -2.00. The molecule has 0 spiro atoms. The number of nitrogens with zero attached hydrogens (tertiary/aromatic N) is 3. The second-order valence-corrected chi connectivity index (χ2v) is 6.17. The fraction of sp³-hybridized carbons (Fsp3) is 0.0952. The van der Waals surface area contributed by atoms with Crippen molar-refractivity contribution < 1.29 is 13.7 Å². The normalized spacial score (nSPS) is 10.8. The summed E-state index contributed by atoms with van der Waals surface area (Å²) in [6, 6.07) is 15.7. The average Bonchev–Trinajstić information content (AvgIpc) is 3.17. The van der Waals surface area contributed by atoms with Gasteiger partial charge in [-0.3, -0.25) is 4.98 Å². The molecule has 0 unspecified atom stereocenters. The van der Waals surface area contributed by atoms with Crippen LogP contribution in [0.5, 0.6) is 5.75 Å². The molecule has 0 aliphatic heterocycles. The molecule has 0 aliphatic carbocycles. The Labute approximate surface area is 160 Å². The van der Waals surface area contributed by atoms with Crippen LogP contribution in [0, 0.1) is 5.82 Å². The van der Waals surface area contributed by atoms with Crippen molar-refractivity contribution in [3.63, 3.8) is 0 Å². The summed E-state index contributed by atoms with van der Waals surface area (Å²) >= 11 is 0. The Hall–Kier alpha value is -3.74. The van der Waals surface area contributed by atoms with Crippen LogP contribution in [0.4, 0.5) is 10.2 Å². The third kappa shape index (κ3) is 3.98. The largest absolute Gasteiger partial charge is 0.484 e. The smallest absolute Gasteiger partial charge is 0.170 e. The SMILES string of the molecule is Nc1ncccc1-c1cc(Cc2ccc(OCc3ccccn3)c(F)c2)no1. The first-order valence-corrected chi connectivity index (χ1v) is 8.66. The van der Waals surface area contributed by atoms with Gasteiger partial charge < -0.3 is 15.0 Å². The first-order chi connectivity index (χ1) is 13.7. The molecule has 7 heteroatoms. The summed E-state index contributed by atoms with van der Waals surface area (Å²) in [4.78, 5) is 8.18. The monoisotopic (exact) mass is 376 g/mol. The molecule has 0 saturated carbocycles. The van der Waals surface area contributed by atoms with Crippen molar-refractivity contribution in [2.24, 2.45) is 0 Å². The van der Waals surface area contributed by atoms with Gasteiger partial charge in [-0.1, -0.05) is 17.3 Å². The van der Waals surface area contributed by atoms with Crippen molar-refractivity contribution in [2.75, 3.05) is 5.73 Å². The molecule has 4 rings (SSSR count). The molecule has 0 aliphatic rings. The lowest BCUT2D eigenvalue weighted by Gasteiger charge is -2.08. The van der Waals surface area contributed by atoms with Gasteiger partial charge in [0.15, 0.2) is 17.3 Å². The number of anilines is 1. The van der Waals surface area contributed by atoms with Crippen LogP contribution < -0.4 is 10.5 Å². The molecule has 3 aromatic heterocycles. The van der Waals surface area contributed by atoms with Gasteiger partial charge in [0.1, 0.15) is 12.4 Å². The molecule has 6 nitrogen and oxygen atoms in total. The predicted molar refractivity (Wildman–Crippen MR) is 102 cm³/mol. The molecule has 3 heterocycles. The third-order valence-electron chi connectivity index (χ3n) is 4.15. The minimum absolute atomic E-state index is 0.179. The Morgan fingerprint density at radius 3 is 2.64 bits per heavy atom. The Morgan fingerprint density at radius 2 is 1.86 bits per heavy atom. The van der Waals surface area contributed by atoms with Crippen LogP contribution in [0.3, 0.4) is 0 Å². The maximum absolute atomic E-state index is 14.4. The van der Waals surface area contributed by atoms with Gasteiger partial charge in [-0.2, -0.15) is 0 Å². The van der Waals surface area contributed by atoms with Crippen LogP contribution in [0.15, 0.2) is 71.5 Å². The third-order valence-corrected chi connectivity index (χ3v) is 4.15. The minimum atomic E-state index is -0.436. The van der Waals surface area contributed by atoms with Gasteiger partial charge in [-0.15, -0.1) is 0 Å². The van der Waals surface area contributed by atoms with E-state index in [9.17, 15) is 4.39 Å². The zero-order valence-electron chi connectivity index (χ0n) is 14.9. The van der Waals surface area contributed by atoms with Crippen LogP contribution in [0.2, 0.25) is 0 Å².